The van der Waals surface area contributed by atoms with Crippen LogP contribution in [0.1, 0.15) is 44.7 Å². The van der Waals surface area contributed by atoms with E-state index in [4.69, 9.17) is 4.74 Å². The molecule has 2 aliphatic rings. The molecule has 5 nitrogen and oxygen atoms in total. The molecule has 138 valence electrons. The van der Waals surface area contributed by atoms with Gasteiger partial charge in [-0.15, -0.1) is 13.2 Å². The van der Waals surface area contributed by atoms with Gasteiger partial charge in [0.15, 0.2) is 0 Å². The number of aliphatic hydroxyl groups is 1. The number of piperidine rings is 1. The van der Waals surface area contributed by atoms with Crippen LogP contribution < -0.4 is 9.47 Å². The SMILES string of the molecule is CC1(C)Oc2ccc(OC(F)(F)F)cc2[C@@H](N2CCCCC2=O)[C@@H]1O. The van der Waals surface area contributed by atoms with Crippen molar-refractivity contribution in [1.29, 1.82) is 0 Å². The van der Waals surface area contributed by atoms with Gasteiger partial charge in [0.2, 0.25) is 5.91 Å². The standard InChI is InChI=1S/C17H20F3NO4/c1-16(2)15(23)14(21-8-4-3-5-13(21)22)11-9-10(24-17(18,19)20)6-7-12(11)25-16/h6-7,9,14-15,23H,3-5,8H2,1-2H3/t14-,15+/m1/s1. The van der Waals surface area contributed by atoms with Gasteiger partial charge >= 0.3 is 6.36 Å². The van der Waals surface area contributed by atoms with Crippen molar-refractivity contribution in [2.45, 2.75) is 57.2 Å². The van der Waals surface area contributed by atoms with Gasteiger partial charge in [0.25, 0.3) is 0 Å². The van der Waals surface area contributed by atoms with Crippen LogP contribution >= 0.6 is 0 Å². The average Bonchev–Trinajstić information content (AvgIpc) is 2.49. The number of rotatable bonds is 2. The number of benzene rings is 1. The van der Waals surface area contributed by atoms with Crippen LogP contribution in [0.2, 0.25) is 0 Å². The highest BCUT2D eigenvalue weighted by Crippen LogP contribution is 2.45. The summed E-state index contributed by atoms with van der Waals surface area (Å²) in [7, 11) is 0. The minimum Gasteiger partial charge on any atom is -0.485 e. The lowest BCUT2D eigenvalue weighted by Crippen LogP contribution is -2.55. The Morgan fingerprint density at radius 3 is 2.68 bits per heavy atom. The lowest BCUT2D eigenvalue weighted by molar-refractivity contribution is -0.274. The first-order valence-electron chi connectivity index (χ1n) is 8.15. The second kappa shape index (κ2) is 6.09. The van der Waals surface area contributed by atoms with Crippen LogP contribution in [0.3, 0.4) is 0 Å². The highest BCUT2D eigenvalue weighted by Gasteiger charge is 2.47. The summed E-state index contributed by atoms with van der Waals surface area (Å²) < 4.78 is 47.3. The molecule has 1 aromatic rings. The number of hydrogen-bond donors (Lipinski definition) is 1. The molecule has 0 radical (unpaired) electrons. The Morgan fingerprint density at radius 2 is 2.04 bits per heavy atom. The van der Waals surface area contributed by atoms with Crippen LogP contribution in [0.5, 0.6) is 11.5 Å². The maximum Gasteiger partial charge on any atom is 0.573 e. The molecular weight excluding hydrogens is 339 g/mol. The number of amides is 1. The van der Waals surface area contributed by atoms with Crippen LogP contribution in [-0.4, -0.2) is 40.5 Å². The number of halogens is 3. The molecule has 1 N–H and O–H groups in total. The molecular formula is C17H20F3NO4. The molecule has 25 heavy (non-hydrogen) atoms. The van der Waals surface area contributed by atoms with Crippen LogP contribution in [0, 0.1) is 0 Å². The molecule has 1 fully saturated rings. The molecule has 2 aliphatic heterocycles. The fraction of sp³-hybridized carbons (Fsp3) is 0.588. The molecule has 3 rings (SSSR count). The zero-order chi connectivity index (χ0) is 18.4. The monoisotopic (exact) mass is 359 g/mol. The predicted molar refractivity (Wildman–Crippen MR) is 82.1 cm³/mol. The maximum absolute atomic E-state index is 12.5. The number of fused-ring (bicyclic) bond motifs is 1. The quantitative estimate of drug-likeness (QED) is 0.881. The first kappa shape index (κ1) is 17.8. The Morgan fingerprint density at radius 1 is 1.32 bits per heavy atom. The van der Waals surface area contributed by atoms with Crippen molar-refractivity contribution in [3.8, 4) is 11.5 Å². The molecule has 2 heterocycles. The Hall–Kier alpha value is -1.96. The Labute approximate surface area is 143 Å². The van der Waals surface area contributed by atoms with E-state index >= 15 is 0 Å². The second-order valence-electron chi connectivity index (χ2n) is 6.89. The number of hydrogen-bond acceptors (Lipinski definition) is 4. The number of carbonyl (C=O) groups is 1. The summed E-state index contributed by atoms with van der Waals surface area (Å²) in [5.41, 5.74) is -0.661. The molecule has 2 atom stereocenters. The highest BCUT2D eigenvalue weighted by atomic mass is 19.4. The molecule has 0 bridgehead atoms. The molecule has 1 saturated heterocycles. The van der Waals surface area contributed by atoms with Crippen LogP contribution in [0.25, 0.3) is 0 Å². The number of alkyl halides is 3. The third-order valence-corrected chi connectivity index (χ3v) is 4.61. The molecule has 0 saturated carbocycles. The number of carbonyl (C=O) groups excluding carboxylic acids is 1. The zero-order valence-electron chi connectivity index (χ0n) is 14.0. The summed E-state index contributed by atoms with van der Waals surface area (Å²) in [4.78, 5) is 13.9. The van der Waals surface area contributed by atoms with Crippen molar-refractivity contribution in [3.63, 3.8) is 0 Å². The van der Waals surface area contributed by atoms with Crippen molar-refractivity contribution < 1.29 is 32.5 Å². The van der Waals surface area contributed by atoms with Crippen molar-refractivity contribution in [3.05, 3.63) is 23.8 Å². The molecule has 8 heteroatoms. The molecule has 0 aliphatic carbocycles. The van der Waals surface area contributed by atoms with E-state index in [9.17, 15) is 23.1 Å². The molecule has 0 aromatic heterocycles. The van der Waals surface area contributed by atoms with Gasteiger partial charge in [-0.1, -0.05) is 0 Å². The van der Waals surface area contributed by atoms with E-state index in [0.29, 0.717) is 24.3 Å². The summed E-state index contributed by atoms with van der Waals surface area (Å²) in [6.45, 7) is 3.81. The van der Waals surface area contributed by atoms with Crippen LogP contribution in [0.4, 0.5) is 13.2 Å². The van der Waals surface area contributed by atoms with E-state index in [1.165, 1.54) is 17.0 Å². The summed E-state index contributed by atoms with van der Waals surface area (Å²) in [6, 6.07) is 2.96. The Kier molecular flexibility index (Phi) is 4.35. The summed E-state index contributed by atoms with van der Waals surface area (Å²) >= 11 is 0. The second-order valence-corrected chi connectivity index (χ2v) is 6.89. The first-order chi connectivity index (χ1) is 11.6. The van der Waals surface area contributed by atoms with Gasteiger partial charge in [-0.2, -0.15) is 0 Å². The van der Waals surface area contributed by atoms with Crippen molar-refractivity contribution in [2.75, 3.05) is 6.54 Å². The average molecular weight is 359 g/mol. The summed E-state index contributed by atoms with van der Waals surface area (Å²) in [5, 5.41) is 10.8. The number of ether oxygens (including phenoxy) is 2. The van der Waals surface area contributed by atoms with Crippen LogP contribution in [0.15, 0.2) is 18.2 Å². The lowest BCUT2D eigenvalue weighted by Gasteiger charge is -2.47. The van der Waals surface area contributed by atoms with E-state index in [1.54, 1.807) is 13.8 Å². The molecule has 1 amide bonds. The third kappa shape index (κ3) is 3.53. The van der Waals surface area contributed by atoms with Gasteiger partial charge in [-0.3, -0.25) is 4.79 Å². The van der Waals surface area contributed by atoms with Gasteiger partial charge in [0.05, 0.1) is 6.04 Å². The summed E-state index contributed by atoms with van der Waals surface area (Å²) in [5.74, 6) is -0.189. The predicted octanol–water partition coefficient (Wildman–Crippen LogP) is 3.17. The van der Waals surface area contributed by atoms with E-state index < -0.39 is 29.9 Å². The Balaban J connectivity index is 2.04. The van der Waals surface area contributed by atoms with E-state index in [0.717, 1.165) is 18.9 Å². The lowest BCUT2D eigenvalue weighted by atomic mass is 9.84. The topological polar surface area (TPSA) is 59.0 Å². The first-order valence-corrected chi connectivity index (χ1v) is 8.15. The summed E-state index contributed by atoms with van der Waals surface area (Å²) in [6.07, 6.45) is -3.99. The fourth-order valence-electron chi connectivity index (χ4n) is 3.40. The van der Waals surface area contributed by atoms with Gasteiger partial charge in [-0.25, -0.2) is 0 Å². The van der Waals surface area contributed by atoms with Gasteiger partial charge in [0, 0.05) is 18.5 Å². The molecule has 0 unspecified atom stereocenters. The Bertz CT molecular complexity index is 674. The van der Waals surface area contributed by atoms with Crippen molar-refractivity contribution >= 4 is 5.91 Å². The number of likely N-dealkylation sites (tertiary alicyclic amines) is 1. The minimum atomic E-state index is -4.82. The van der Waals surface area contributed by atoms with Crippen molar-refractivity contribution in [1.82, 2.24) is 4.90 Å². The van der Waals surface area contributed by atoms with Crippen molar-refractivity contribution in [2.24, 2.45) is 0 Å². The minimum absolute atomic E-state index is 0.124. The normalized spacial score (nSPS) is 26.0. The number of nitrogens with zero attached hydrogens (tertiary/aromatic N) is 1. The van der Waals surface area contributed by atoms with Crippen LogP contribution in [-0.2, 0) is 4.79 Å². The van der Waals surface area contributed by atoms with E-state index in [2.05, 4.69) is 4.74 Å². The van der Waals surface area contributed by atoms with Gasteiger partial charge in [0.1, 0.15) is 23.2 Å². The van der Waals surface area contributed by atoms with Gasteiger partial charge in [-0.05, 0) is 44.9 Å². The smallest absolute Gasteiger partial charge is 0.485 e. The zero-order valence-corrected chi connectivity index (χ0v) is 14.0. The number of aliphatic hydroxyl groups excluding tert-OH is 1. The fourth-order valence-corrected chi connectivity index (χ4v) is 3.40. The highest BCUT2D eigenvalue weighted by molar-refractivity contribution is 5.77. The molecule has 1 aromatic carbocycles. The van der Waals surface area contributed by atoms with E-state index in [1.807, 2.05) is 0 Å². The van der Waals surface area contributed by atoms with E-state index in [-0.39, 0.29) is 5.91 Å². The molecule has 0 spiro atoms. The van der Waals surface area contributed by atoms with Gasteiger partial charge < -0.3 is 19.5 Å². The third-order valence-electron chi connectivity index (χ3n) is 4.61. The maximum atomic E-state index is 12.5. The largest absolute Gasteiger partial charge is 0.573 e.